The molecule has 114 valence electrons. The van der Waals surface area contributed by atoms with Gasteiger partial charge in [0.05, 0.1) is 19.3 Å². The summed E-state index contributed by atoms with van der Waals surface area (Å²) >= 11 is 0. The van der Waals surface area contributed by atoms with Crippen LogP contribution >= 0.6 is 0 Å². The summed E-state index contributed by atoms with van der Waals surface area (Å²) in [5.41, 5.74) is 1.27. The number of hydrogen-bond acceptors (Lipinski definition) is 5. The van der Waals surface area contributed by atoms with E-state index in [2.05, 4.69) is 4.74 Å². The SMILES string of the molecule is COCCCCOC(=O)C=Cc1ccc(C(=O)OC)cc1. The molecule has 0 fully saturated rings. The van der Waals surface area contributed by atoms with E-state index in [9.17, 15) is 9.59 Å². The van der Waals surface area contributed by atoms with Crippen molar-refractivity contribution < 1.29 is 23.8 Å². The Morgan fingerprint density at radius 3 is 2.33 bits per heavy atom. The number of methoxy groups -OCH3 is 2. The molecule has 1 aromatic carbocycles. The quantitative estimate of drug-likeness (QED) is 0.418. The van der Waals surface area contributed by atoms with Crippen LogP contribution < -0.4 is 0 Å². The third-order valence-electron chi connectivity index (χ3n) is 2.73. The highest BCUT2D eigenvalue weighted by atomic mass is 16.5. The molecule has 5 heteroatoms. The van der Waals surface area contributed by atoms with E-state index >= 15 is 0 Å². The van der Waals surface area contributed by atoms with Crippen LogP contribution in [-0.4, -0.2) is 39.4 Å². The van der Waals surface area contributed by atoms with Crippen molar-refractivity contribution in [1.82, 2.24) is 0 Å². The van der Waals surface area contributed by atoms with Gasteiger partial charge in [0, 0.05) is 19.8 Å². The topological polar surface area (TPSA) is 61.8 Å². The first-order valence-corrected chi connectivity index (χ1v) is 6.69. The van der Waals surface area contributed by atoms with Gasteiger partial charge < -0.3 is 14.2 Å². The van der Waals surface area contributed by atoms with E-state index in [1.165, 1.54) is 13.2 Å². The van der Waals surface area contributed by atoms with E-state index in [-0.39, 0.29) is 11.9 Å². The molecular weight excluding hydrogens is 272 g/mol. The molecular formula is C16H20O5. The molecule has 0 unspecified atom stereocenters. The average Bonchev–Trinajstić information content (AvgIpc) is 2.52. The maximum Gasteiger partial charge on any atom is 0.337 e. The number of ether oxygens (including phenoxy) is 3. The van der Waals surface area contributed by atoms with E-state index in [4.69, 9.17) is 9.47 Å². The van der Waals surface area contributed by atoms with Crippen LogP contribution in [0.3, 0.4) is 0 Å². The van der Waals surface area contributed by atoms with Crippen molar-refractivity contribution in [2.24, 2.45) is 0 Å². The van der Waals surface area contributed by atoms with Crippen LogP contribution in [0.5, 0.6) is 0 Å². The molecule has 0 saturated heterocycles. The van der Waals surface area contributed by atoms with Gasteiger partial charge in [0.2, 0.25) is 0 Å². The molecule has 0 aliphatic rings. The second-order valence-electron chi connectivity index (χ2n) is 4.31. The van der Waals surface area contributed by atoms with Gasteiger partial charge >= 0.3 is 11.9 Å². The summed E-state index contributed by atoms with van der Waals surface area (Å²) in [5.74, 6) is -0.773. The predicted molar refractivity (Wildman–Crippen MR) is 78.9 cm³/mol. The van der Waals surface area contributed by atoms with E-state index in [0.29, 0.717) is 18.8 Å². The molecule has 0 spiro atoms. The molecule has 1 aromatic rings. The third kappa shape index (κ3) is 6.72. The Morgan fingerprint density at radius 1 is 1.05 bits per heavy atom. The maximum atomic E-state index is 11.5. The minimum Gasteiger partial charge on any atom is -0.465 e. The van der Waals surface area contributed by atoms with Crippen LogP contribution in [0, 0.1) is 0 Å². The Morgan fingerprint density at radius 2 is 1.71 bits per heavy atom. The van der Waals surface area contributed by atoms with Crippen LogP contribution in [0.15, 0.2) is 30.3 Å². The summed E-state index contributed by atoms with van der Waals surface area (Å²) in [7, 11) is 2.97. The molecule has 0 atom stereocenters. The van der Waals surface area contributed by atoms with Crippen LogP contribution in [0.1, 0.15) is 28.8 Å². The molecule has 5 nitrogen and oxygen atoms in total. The lowest BCUT2D eigenvalue weighted by atomic mass is 10.1. The number of rotatable bonds is 8. The number of benzene rings is 1. The highest BCUT2D eigenvalue weighted by Gasteiger charge is 2.03. The van der Waals surface area contributed by atoms with Crippen molar-refractivity contribution >= 4 is 18.0 Å². The predicted octanol–water partition coefficient (Wildman–Crippen LogP) is 2.46. The van der Waals surface area contributed by atoms with Gasteiger partial charge in [-0.15, -0.1) is 0 Å². The lowest BCUT2D eigenvalue weighted by Crippen LogP contribution is -2.03. The standard InChI is InChI=1S/C16H20O5/c1-19-11-3-4-12-21-15(17)10-7-13-5-8-14(9-6-13)16(18)20-2/h5-10H,3-4,11-12H2,1-2H3. The Labute approximate surface area is 124 Å². The Kier molecular flexibility index (Phi) is 7.82. The molecule has 0 N–H and O–H groups in total. The second-order valence-corrected chi connectivity index (χ2v) is 4.31. The van der Waals surface area contributed by atoms with E-state index in [1.54, 1.807) is 37.5 Å². The van der Waals surface area contributed by atoms with E-state index < -0.39 is 0 Å². The fourth-order valence-electron chi connectivity index (χ4n) is 1.58. The second kappa shape index (κ2) is 9.72. The normalized spacial score (nSPS) is 10.6. The van der Waals surface area contributed by atoms with Crippen molar-refractivity contribution in [3.63, 3.8) is 0 Å². The molecule has 1 rings (SSSR count). The average molecular weight is 292 g/mol. The molecule has 0 amide bonds. The molecule has 0 radical (unpaired) electrons. The number of carbonyl (C=O) groups excluding carboxylic acids is 2. The van der Waals surface area contributed by atoms with Crippen molar-refractivity contribution in [3.05, 3.63) is 41.5 Å². The Balaban J connectivity index is 2.38. The van der Waals surface area contributed by atoms with Crippen molar-refractivity contribution in [1.29, 1.82) is 0 Å². The molecule has 0 aliphatic carbocycles. The molecule has 0 aromatic heterocycles. The molecule has 0 aliphatic heterocycles. The van der Waals surface area contributed by atoms with Crippen molar-refractivity contribution in [2.45, 2.75) is 12.8 Å². The first-order chi connectivity index (χ1) is 10.2. The minimum atomic E-state index is -0.388. The zero-order valence-electron chi connectivity index (χ0n) is 12.3. The summed E-state index contributed by atoms with van der Waals surface area (Å²) < 4.78 is 14.5. The largest absolute Gasteiger partial charge is 0.465 e. The minimum absolute atomic E-state index is 0.383. The summed E-state index contributed by atoms with van der Waals surface area (Å²) in [6.45, 7) is 1.05. The molecule has 21 heavy (non-hydrogen) atoms. The van der Waals surface area contributed by atoms with Crippen LogP contribution in [-0.2, 0) is 19.0 Å². The monoisotopic (exact) mass is 292 g/mol. The zero-order chi connectivity index (χ0) is 15.5. The van der Waals surface area contributed by atoms with E-state index in [0.717, 1.165) is 18.4 Å². The maximum absolute atomic E-state index is 11.5. The van der Waals surface area contributed by atoms with Gasteiger partial charge in [-0.05, 0) is 36.6 Å². The number of hydrogen-bond donors (Lipinski definition) is 0. The van der Waals surface area contributed by atoms with Crippen molar-refractivity contribution in [2.75, 3.05) is 27.4 Å². The number of carbonyl (C=O) groups is 2. The van der Waals surface area contributed by atoms with Crippen LogP contribution in [0.4, 0.5) is 0 Å². The Hall–Kier alpha value is -2.14. The van der Waals surface area contributed by atoms with Crippen molar-refractivity contribution in [3.8, 4) is 0 Å². The number of unbranched alkanes of at least 4 members (excludes halogenated alkanes) is 1. The first-order valence-electron chi connectivity index (χ1n) is 6.69. The lowest BCUT2D eigenvalue weighted by molar-refractivity contribution is -0.137. The summed E-state index contributed by atoms with van der Waals surface area (Å²) in [5, 5.41) is 0. The number of esters is 2. The van der Waals surface area contributed by atoms with Gasteiger partial charge in [-0.2, -0.15) is 0 Å². The smallest absolute Gasteiger partial charge is 0.337 e. The van der Waals surface area contributed by atoms with Gasteiger partial charge in [-0.1, -0.05) is 12.1 Å². The molecule has 0 heterocycles. The summed E-state index contributed by atoms with van der Waals surface area (Å²) in [4.78, 5) is 22.7. The highest BCUT2D eigenvalue weighted by molar-refractivity contribution is 5.90. The van der Waals surface area contributed by atoms with Gasteiger partial charge in [0.25, 0.3) is 0 Å². The van der Waals surface area contributed by atoms with Gasteiger partial charge in [-0.25, -0.2) is 9.59 Å². The fourth-order valence-corrected chi connectivity index (χ4v) is 1.58. The van der Waals surface area contributed by atoms with Gasteiger partial charge in [-0.3, -0.25) is 0 Å². The van der Waals surface area contributed by atoms with E-state index in [1.807, 2.05) is 0 Å². The lowest BCUT2D eigenvalue weighted by Gasteiger charge is -2.01. The van der Waals surface area contributed by atoms with Crippen LogP contribution in [0.2, 0.25) is 0 Å². The summed E-state index contributed by atoms with van der Waals surface area (Å²) in [6, 6.07) is 6.74. The summed E-state index contributed by atoms with van der Waals surface area (Å²) in [6.07, 6.45) is 4.64. The first kappa shape index (κ1) is 16.9. The Bertz CT molecular complexity index is 476. The van der Waals surface area contributed by atoms with Gasteiger partial charge in [0.1, 0.15) is 0 Å². The van der Waals surface area contributed by atoms with Gasteiger partial charge in [0.15, 0.2) is 0 Å². The zero-order valence-corrected chi connectivity index (χ0v) is 12.3. The molecule has 0 bridgehead atoms. The van der Waals surface area contributed by atoms with Crippen LogP contribution in [0.25, 0.3) is 6.08 Å². The highest BCUT2D eigenvalue weighted by Crippen LogP contribution is 2.07. The fraction of sp³-hybridized carbons (Fsp3) is 0.375. The third-order valence-corrected chi connectivity index (χ3v) is 2.73. The molecule has 0 saturated carbocycles.